The molecule has 0 aromatic heterocycles. The number of halogens is 2. The molecular formula is C16H22F2N2. The van der Waals surface area contributed by atoms with E-state index in [0.717, 1.165) is 44.5 Å². The Morgan fingerprint density at radius 1 is 1.15 bits per heavy atom. The van der Waals surface area contributed by atoms with Crippen LogP contribution in [0.1, 0.15) is 32.1 Å². The van der Waals surface area contributed by atoms with Crippen LogP contribution in [0.15, 0.2) is 18.2 Å². The molecule has 0 bridgehead atoms. The third kappa shape index (κ3) is 3.11. The van der Waals surface area contributed by atoms with Crippen molar-refractivity contribution in [2.45, 2.75) is 38.1 Å². The topological polar surface area (TPSA) is 15.3 Å². The van der Waals surface area contributed by atoms with Gasteiger partial charge in [0.25, 0.3) is 0 Å². The van der Waals surface area contributed by atoms with Crippen molar-refractivity contribution in [2.75, 3.05) is 24.5 Å². The van der Waals surface area contributed by atoms with E-state index in [1.165, 1.54) is 25.3 Å². The molecule has 0 amide bonds. The van der Waals surface area contributed by atoms with Gasteiger partial charge in [-0.25, -0.2) is 8.78 Å². The average molecular weight is 280 g/mol. The molecule has 1 aliphatic heterocycles. The molecule has 4 heteroatoms. The first-order valence-electron chi connectivity index (χ1n) is 7.66. The van der Waals surface area contributed by atoms with E-state index in [0.29, 0.717) is 11.7 Å². The minimum absolute atomic E-state index is 0.425. The maximum absolute atomic E-state index is 13.8. The van der Waals surface area contributed by atoms with Crippen LogP contribution in [0.4, 0.5) is 14.5 Å². The molecule has 2 fully saturated rings. The molecule has 2 nitrogen and oxygen atoms in total. The molecule has 3 rings (SSSR count). The Morgan fingerprint density at radius 3 is 2.70 bits per heavy atom. The van der Waals surface area contributed by atoms with E-state index < -0.39 is 11.6 Å². The van der Waals surface area contributed by atoms with Gasteiger partial charge >= 0.3 is 0 Å². The zero-order valence-corrected chi connectivity index (χ0v) is 11.7. The molecule has 20 heavy (non-hydrogen) atoms. The van der Waals surface area contributed by atoms with Crippen molar-refractivity contribution in [3.63, 3.8) is 0 Å². The number of rotatable bonds is 4. The van der Waals surface area contributed by atoms with E-state index in [9.17, 15) is 8.78 Å². The molecule has 1 saturated carbocycles. The fourth-order valence-corrected chi connectivity index (χ4v) is 3.13. The van der Waals surface area contributed by atoms with Crippen LogP contribution in [0.2, 0.25) is 0 Å². The van der Waals surface area contributed by atoms with E-state index in [-0.39, 0.29) is 0 Å². The first-order valence-corrected chi connectivity index (χ1v) is 7.66. The number of hydrogen-bond donors (Lipinski definition) is 1. The van der Waals surface area contributed by atoms with Gasteiger partial charge in [-0.1, -0.05) is 6.42 Å². The lowest BCUT2D eigenvalue weighted by Crippen LogP contribution is -2.47. The summed E-state index contributed by atoms with van der Waals surface area (Å²) in [6.45, 7) is 2.75. The largest absolute Gasteiger partial charge is 0.368 e. The molecule has 1 atom stereocenters. The molecule has 0 radical (unpaired) electrons. The number of benzene rings is 1. The van der Waals surface area contributed by atoms with Crippen molar-refractivity contribution in [1.82, 2.24) is 5.32 Å². The van der Waals surface area contributed by atoms with Gasteiger partial charge in [0.2, 0.25) is 0 Å². The minimum atomic E-state index is -0.511. The third-order valence-electron chi connectivity index (χ3n) is 4.59. The van der Waals surface area contributed by atoms with Crippen LogP contribution >= 0.6 is 0 Å². The molecule has 1 aromatic carbocycles. The molecule has 1 N–H and O–H groups in total. The summed E-state index contributed by atoms with van der Waals surface area (Å²) in [4.78, 5) is 2.04. The molecule has 1 unspecified atom stereocenters. The van der Waals surface area contributed by atoms with Crippen molar-refractivity contribution in [1.29, 1.82) is 0 Å². The van der Waals surface area contributed by atoms with Crippen molar-refractivity contribution >= 4 is 5.69 Å². The van der Waals surface area contributed by atoms with Gasteiger partial charge in [0.05, 0.1) is 5.69 Å². The zero-order chi connectivity index (χ0) is 13.9. The maximum atomic E-state index is 13.8. The first-order chi connectivity index (χ1) is 9.72. The van der Waals surface area contributed by atoms with Crippen molar-refractivity contribution in [2.24, 2.45) is 5.92 Å². The number of nitrogens with one attached hydrogen (secondary N) is 1. The summed E-state index contributed by atoms with van der Waals surface area (Å²) in [6, 6.07) is 4.29. The van der Waals surface area contributed by atoms with Crippen molar-refractivity contribution < 1.29 is 8.78 Å². The molecular weight excluding hydrogens is 258 g/mol. The molecule has 1 aromatic rings. The molecule has 1 aliphatic carbocycles. The van der Waals surface area contributed by atoms with Gasteiger partial charge in [0.1, 0.15) is 11.6 Å². The Kier molecular flexibility index (Phi) is 4.20. The second-order valence-electron chi connectivity index (χ2n) is 6.09. The van der Waals surface area contributed by atoms with Gasteiger partial charge in [-0.05, 0) is 50.3 Å². The highest BCUT2D eigenvalue weighted by atomic mass is 19.1. The Morgan fingerprint density at radius 2 is 2.00 bits per heavy atom. The lowest BCUT2D eigenvalue weighted by Gasteiger charge is -2.36. The molecule has 2 aliphatic rings. The highest BCUT2D eigenvalue weighted by Gasteiger charge is 2.24. The number of anilines is 1. The van der Waals surface area contributed by atoms with Crippen LogP contribution < -0.4 is 10.2 Å². The van der Waals surface area contributed by atoms with Crippen LogP contribution in [0, 0.1) is 17.6 Å². The fraction of sp³-hybridized carbons (Fsp3) is 0.625. The van der Waals surface area contributed by atoms with E-state index in [4.69, 9.17) is 0 Å². The van der Waals surface area contributed by atoms with Gasteiger partial charge in [-0.2, -0.15) is 0 Å². The highest BCUT2D eigenvalue weighted by molar-refractivity contribution is 5.48. The summed E-state index contributed by atoms with van der Waals surface area (Å²) < 4.78 is 26.8. The predicted octanol–water partition coefficient (Wildman–Crippen LogP) is 3.32. The molecule has 110 valence electrons. The average Bonchev–Trinajstić information content (AvgIpc) is 2.37. The van der Waals surface area contributed by atoms with Crippen LogP contribution in [-0.2, 0) is 0 Å². The molecule has 1 heterocycles. The van der Waals surface area contributed by atoms with Gasteiger partial charge < -0.3 is 10.2 Å². The summed E-state index contributed by atoms with van der Waals surface area (Å²) in [5.74, 6) is -0.125. The van der Waals surface area contributed by atoms with Gasteiger partial charge in [0, 0.05) is 25.2 Å². The van der Waals surface area contributed by atoms with E-state index in [1.807, 2.05) is 4.90 Å². The Balaban J connectivity index is 1.59. The quantitative estimate of drug-likeness (QED) is 0.910. The fourth-order valence-electron chi connectivity index (χ4n) is 3.13. The van der Waals surface area contributed by atoms with Crippen LogP contribution in [0.25, 0.3) is 0 Å². The standard InChI is InChI=1S/C16H22F2N2/c17-13-6-7-16(15(18)9-13)20-8-2-5-14(11-20)19-10-12-3-1-4-12/h6-7,9,12,14,19H,1-5,8,10-11H2. The van der Waals surface area contributed by atoms with Crippen molar-refractivity contribution in [3.05, 3.63) is 29.8 Å². The summed E-state index contributed by atoms with van der Waals surface area (Å²) in [5.41, 5.74) is 0.529. The number of piperidine rings is 1. The van der Waals surface area contributed by atoms with Gasteiger partial charge in [0.15, 0.2) is 0 Å². The van der Waals surface area contributed by atoms with Crippen LogP contribution in [-0.4, -0.2) is 25.7 Å². The normalized spacial score (nSPS) is 23.7. The van der Waals surface area contributed by atoms with Crippen LogP contribution in [0.5, 0.6) is 0 Å². The SMILES string of the molecule is Fc1ccc(N2CCCC(NCC3CCC3)C2)c(F)c1. The summed E-state index contributed by atoms with van der Waals surface area (Å²) in [7, 11) is 0. The summed E-state index contributed by atoms with van der Waals surface area (Å²) >= 11 is 0. The minimum Gasteiger partial charge on any atom is -0.368 e. The second kappa shape index (κ2) is 6.08. The van der Waals surface area contributed by atoms with Crippen molar-refractivity contribution in [3.8, 4) is 0 Å². The van der Waals surface area contributed by atoms with E-state index in [2.05, 4.69) is 5.32 Å². The molecule has 1 saturated heterocycles. The lowest BCUT2D eigenvalue weighted by atomic mass is 9.85. The Bertz CT molecular complexity index is 460. The van der Waals surface area contributed by atoms with E-state index >= 15 is 0 Å². The Hall–Kier alpha value is -1.16. The number of hydrogen-bond acceptors (Lipinski definition) is 2. The second-order valence-corrected chi connectivity index (χ2v) is 6.09. The summed E-state index contributed by atoms with van der Waals surface area (Å²) in [6.07, 6.45) is 6.25. The number of nitrogens with zero attached hydrogens (tertiary/aromatic N) is 1. The van der Waals surface area contributed by atoms with Gasteiger partial charge in [-0.15, -0.1) is 0 Å². The Labute approximate surface area is 119 Å². The van der Waals surface area contributed by atoms with Gasteiger partial charge in [-0.3, -0.25) is 0 Å². The molecule has 0 spiro atoms. The van der Waals surface area contributed by atoms with Crippen LogP contribution in [0.3, 0.4) is 0 Å². The highest BCUT2D eigenvalue weighted by Crippen LogP contribution is 2.27. The maximum Gasteiger partial charge on any atom is 0.149 e. The monoisotopic (exact) mass is 280 g/mol. The van der Waals surface area contributed by atoms with E-state index in [1.54, 1.807) is 6.07 Å². The summed E-state index contributed by atoms with van der Waals surface area (Å²) in [5, 5.41) is 3.62. The third-order valence-corrected chi connectivity index (χ3v) is 4.59. The predicted molar refractivity (Wildman–Crippen MR) is 76.9 cm³/mol. The smallest absolute Gasteiger partial charge is 0.149 e. The lowest BCUT2D eigenvalue weighted by molar-refractivity contribution is 0.280. The zero-order valence-electron chi connectivity index (χ0n) is 11.7. The first kappa shape index (κ1) is 13.8.